The van der Waals surface area contributed by atoms with Crippen molar-refractivity contribution in [3.8, 4) is 5.75 Å². The standard InChI is InChI=1S/C12H14ClN3O3/c1-6(14-2)12(18)16-8-4-10-9(3-7(8)13)15-11(17)5-19-10/h3-4,6,14H,5H2,1-2H3,(H,15,17)(H,16,18). The van der Waals surface area contributed by atoms with E-state index in [4.69, 9.17) is 16.3 Å². The molecule has 0 aliphatic carbocycles. The summed E-state index contributed by atoms with van der Waals surface area (Å²) in [5.74, 6) is 0.0461. The predicted molar refractivity (Wildman–Crippen MR) is 72.7 cm³/mol. The summed E-state index contributed by atoms with van der Waals surface area (Å²) >= 11 is 6.06. The van der Waals surface area contributed by atoms with Crippen LogP contribution in [0.1, 0.15) is 6.92 Å². The van der Waals surface area contributed by atoms with Crippen molar-refractivity contribution < 1.29 is 14.3 Å². The molecule has 1 heterocycles. The van der Waals surface area contributed by atoms with Gasteiger partial charge in [0.1, 0.15) is 5.75 Å². The van der Waals surface area contributed by atoms with E-state index in [2.05, 4.69) is 16.0 Å². The molecule has 2 amide bonds. The normalized spacial score (nSPS) is 15.0. The van der Waals surface area contributed by atoms with Gasteiger partial charge in [-0.2, -0.15) is 0 Å². The molecule has 6 nitrogen and oxygen atoms in total. The third-order valence-electron chi connectivity index (χ3n) is 2.79. The summed E-state index contributed by atoms with van der Waals surface area (Å²) < 4.78 is 5.26. The van der Waals surface area contributed by atoms with Gasteiger partial charge < -0.3 is 20.7 Å². The fourth-order valence-corrected chi connectivity index (χ4v) is 1.78. The average Bonchev–Trinajstić information content (AvgIpc) is 2.38. The van der Waals surface area contributed by atoms with Crippen LogP contribution in [0.15, 0.2) is 12.1 Å². The smallest absolute Gasteiger partial charge is 0.262 e. The monoisotopic (exact) mass is 283 g/mol. The second-order valence-electron chi connectivity index (χ2n) is 4.16. The second kappa shape index (κ2) is 5.46. The lowest BCUT2D eigenvalue weighted by atomic mass is 10.2. The minimum atomic E-state index is -0.340. The zero-order chi connectivity index (χ0) is 14.0. The van der Waals surface area contributed by atoms with Crippen molar-refractivity contribution in [1.29, 1.82) is 0 Å². The molecule has 1 atom stereocenters. The average molecular weight is 284 g/mol. The molecule has 0 aromatic heterocycles. The summed E-state index contributed by atoms with van der Waals surface area (Å²) in [6, 6.07) is 2.80. The number of hydrogen-bond acceptors (Lipinski definition) is 4. The Hall–Kier alpha value is -1.79. The van der Waals surface area contributed by atoms with Crippen LogP contribution in [-0.2, 0) is 9.59 Å². The molecule has 1 aliphatic rings. The van der Waals surface area contributed by atoms with Crippen LogP contribution in [0.2, 0.25) is 5.02 Å². The van der Waals surface area contributed by atoms with Crippen LogP contribution in [0.3, 0.4) is 0 Å². The van der Waals surface area contributed by atoms with Crippen LogP contribution in [0.4, 0.5) is 11.4 Å². The highest BCUT2D eigenvalue weighted by atomic mass is 35.5. The summed E-state index contributed by atoms with van der Waals surface area (Å²) in [7, 11) is 1.69. The van der Waals surface area contributed by atoms with E-state index in [0.717, 1.165) is 0 Å². The minimum absolute atomic E-state index is 0.0467. The number of carbonyl (C=O) groups is 2. The van der Waals surface area contributed by atoms with E-state index in [1.807, 2.05) is 0 Å². The van der Waals surface area contributed by atoms with Crippen LogP contribution in [0.25, 0.3) is 0 Å². The van der Waals surface area contributed by atoms with Gasteiger partial charge in [-0.1, -0.05) is 11.6 Å². The van der Waals surface area contributed by atoms with Crippen molar-refractivity contribution in [2.75, 3.05) is 24.3 Å². The van der Waals surface area contributed by atoms with E-state index in [0.29, 0.717) is 22.1 Å². The number of carbonyl (C=O) groups excluding carboxylic acids is 2. The summed E-state index contributed by atoms with van der Waals surface area (Å²) in [4.78, 5) is 22.9. The highest BCUT2D eigenvalue weighted by Crippen LogP contribution is 2.36. The van der Waals surface area contributed by atoms with E-state index in [1.165, 1.54) is 0 Å². The molecule has 0 spiro atoms. The third kappa shape index (κ3) is 2.97. The molecule has 0 fully saturated rings. The number of benzene rings is 1. The molecule has 0 saturated carbocycles. The first-order valence-corrected chi connectivity index (χ1v) is 6.13. The van der Waals surface area contributed by atoms with Crippen LogP contribution in [0.5, 0.6) is 5.75 Å². The van der Waals surface area contributed by atoms with E-state index >= 15 is 0 Å². The fraction of sp³-hybridized carbons (Fsp3) is 0.333. The largest absolute Gasteiger partial charge is 0.482 e. The van der Waals surface area contributed by atoms with Gasteiger partial charge in [0, 0.05) is 6.07 Å². The zero-order valence-corrected chi connectivity index (χ0v) is 11.3. The molecule has 19 heavy (non-hydrogen) atoms. The van der Waals surface area contributed by atoms with Gasteiger partial charge >= 0.3 is 0 Å². The Labute approximate surface area is 115 Å². The van der Waals surface area contributed by atoms with E-state index in [-0.39, 0.29) is 24.5 Å². The van der Waals surface area contributed by atoms with Gasteiger partial charge in [0.2, 0.25) is 5.91 Å². The van der Waals surface area contributed by atoms with E-state index in [1.54, 1.807) is 26.1 Å². The van der Waals surface area contributed by atoms with Crippen molar-refractivity contribution in [2.45, 2.75) is 13.0 Å². The molecule has 1 aromatic carbocycles. The number of rotatable bonds is 3. The zero-order valence-electron chi connectivity index (χ0n) is 10.5. The maximum Gasteiger partial charge on any atom is 0.262 e. The molecular formula is C12H14ClN3O3. The summed E-state index contributed by atoms with van der Waals surface area (Å²) in [6.45, 7) is 1.69. The molecule has 102 valence electrons. The Bertz CT molecular complexity index is 533. The summed E-state index contributed by atoms with van der Waals surface area (Å²) in [5.41, 5.74) is 0.949. The van der Waals surface area contributed by atoms with Gasteiger partial charge in [-0.25, -0.2) is 0 Å². The molecule has 7 heteroatoms. The van der Waals surface area contributed by atoms with Crippen LogP contribution < -0.4 is 20.7 Å². The summed E-state index contributed by atoms with van der Waals surface area (Å²) in [6.07, 6.45) is 0. The van der Waals surface area contributed by atoms with E-state index < -0.39 is 0 Å². The van der Waals surface area contributed by atoms with Crippen molar-refractivity contribution in [2.24, 2.45) is 0 Å². The molecule has 0 saturated heterocycles. The molecule has 1 aliphatic heterocycles. The van der Waals surface area contributed by atoms with Crippen LogP contribution >= 0.6 is 11.6 Å². The Kier molecular flexibility index (Phi) is 3.92. The highest BCUT2D eigenvalue weighted by Gasteiger charge is 2.19. The molecule has 3 N–H and O–H groups in total. The molecule has 2 rings (SSSR count). The maximum absolute atomic E-state index is 11.8. The number of hydrogen-bond donors (Lipinski definition) is 3. The molecule has 0 bridgehead atoms. The number of amides is 2. The first kappa shape index (κ1) is 13.6. The van der Waals surface area contributed by atoms with Gasteiger partial charge in [-0.15, -0.1) is 0 Å². The highest BCUT2D eigenvalue weighted by molar-refractivity contribution is 6.34. The van der Waals surface area contributed by atoms with Gasteiger partial charge in [0.15, 0.2) is 6.61 Å². The maximum atomic E-state index is 11.8. The number of ether oxygens (including phenoxy) is 1. The van der Waals surface area contributed by atoms with Gasteiger partial charge in [0.05, 0.1) is 22.4 Å². The van der Waals surface area contributed by atoms with Crippen LogP contribution in [0, 0.1) is 0 Å². The first-order valence-electron chi connectivity index (χ1n) is 5.75. The molecule has 1 aromatic rings. The second-order valence-corrected chi connectivity index (χ2v) is 4.57. The molecular weight excluding hydrogens is 270 g/mol. The SMILES string of the molecule is CNC(C)C(=O)Nc1cc2c(cc1Cl)NC(=O)CO2. The van der Waals surface area contributed by atoms with Crippen molar-refractivity contribution in [3.63, 3.8) is 0 Å². The Morgan fingerprint density at radius 2 is 2.26 bits per heavy atom. The lowest BCUT2D eigenvalue weighted by Crippen LogP contribution is -2.35. The topological polar surface area (TPSA) is 79.5 Å². The van der Waals surface area contributed by atoms with Crippen molar-refractivity contribution in [3.05, 3.63) is 17.2 Å². The Morgan fingerprint density at radius 1 is 1.53 bits per heavy atom. The number of fused-ring (bicyclic) bond motifs is 1. The Balaban J connectivity index is 2.23. The molecule has 0 radical (unpaired) electrons. The van der Waals surface area contributed by atoms with Crippen molar-refractivity contribution in [1.82, 2.24) is 5.32 Å². The predicted octanol–water partition coefficient (Wildman–Crippen LogP) is 1.22. The summed E-state index contributed by atoms with van der Waals surface area (Å²) in [5, 5.41) is 8.50. The van der Waals surface area contributed by atoms with Crippen LogP contribution in [-0.4, -0.2) is 31.5 Å². The number of likely N-dealkylation sites (N-methyl/N-ethyl adjacent to an activating group) is 1. The van der Waals surface area contributed by atoms with Crippen molar-refractivity contribution >= 4 is 34.8 Å². The quantitative estimate of drug-likeness (QED) is 0.779. The van der Waals surface area contributed by atoms with Gasteiger partial charge in [-0.3, -0.25) is 9.59 Å². The fourth-order valence-electron chi connectivity index (χ4n) is 1.57. The number of halogens is 1. The first-order chi connectivity index (χ1) is 9.01. The molecule has 1 unspecified atom stereocenters. The lowest BCUT2D eigenvalue weighted by Gasteiger charge is -2.20. The number of nitrogens with one attached hydrogen (secondary N) is 3. The minimum Gasteiger partial charge on any atom is -0.482 e. The van der Waals surface area contributed by atoms with Gasteiger partial charge in [0.25, 0.3) is 5.91 Å². The van der Waals surface area contributed by atoms with Gasteiger partial charge in [-0.05, 0) is 20.0 Å². The van der Waals surface area contributed by atoms with E-state index in [9.17, 15) is 9.59 Å². The lowest BCUT2D eigenvalue weighted by molar-refractivity contribution is -0.119. The number of anilines is 2. The third-order valence-corrected chi connectivity index (χ3v) is 3.10. The Morgan fingerprint density at radius 3 is 2.95 bits per heavy atom.